The van der Waals surface area contributed by atoms with Gasteiger partial charge in [-0.15, -0.1) is 0 Å². The van der Waals surface area contributed by atoms with Gasteiger partial charge in [-0.2, -0.15) is 5.26 Å². The molecule has 2 aliphatic heterocycles. The monoisotopic (exact) mass is 651 g/mol. The van der Waals surface area contributed by atoms with E-state index in [1.165, 1.54) is 18.7 Å². The number of para-hydroxylation sites is 2. The van der Waals surface area contributed by atoms with Crippen molar-refractivity contribution in [3.8, 4) is 6.07 Å². The Morgan fingerprint density at radius 3 is 1.77 bits per heavy atom. The molecule has 0 aromatic heterocycles. The predicted molar refractivity (Wildman–Crippen MR) is 179 cm³/mol. The fraction of sp³-hybridized carbons (Fsp3) is 0.216. The zero-order chi connectivity index (χ0) is 34.9. The van der Waals surface area contributed by atoms with Crippen molar-refractivity contribution in [2.24, 2.45) is 0 Å². The van der Waals surface area contributed by atoms with E-state index in [4.69, 9.17) is 19.8 Å². The molecule has 0 saturated carbocycles. The van der Waals surface area contributed by atoms with Gasteiger partial charge in [0.2, 0.25) is 0 Å². The van der Waals surface area contributed by atoms with Crippen LogP contribution in [0.4, 0.5) is 16.2 Å². The zero-order valence-electron chi connectivity index (χ0n) is 26.6. The Balaban J connectivity index is 0.000000203. The minimum absolute atomic E-state index is 0.116. The van der Waals surface area contributed by atoms with E-state index in [9.17, 15) is 24.3 Å². The van der Waals surface area contributed by atoms with Crippen molar-refractivity contribution in [3.63, 3.8) is 0 Å². The first-order valence-corrected chi connectivity index (χ1v) is 15.0. The van der Waals surface area contributed by atoms with Gasteiger partial charge in [-0.3, -0.25) is 9.69 Å². The van der Waals surface area contributed by atoms with Crippen LogP contribution in [0.3, 0.4) is 0 Å². The molecule has 0 spiro atoms. The van der Waals surface area contributed by atoms with Crippen molar-refractivity contribution in [2.75, 3.05) is 10.2 Å². The van der Waals surface area contributed by atoms with E-state index < -0.39 is 30.1 Å². The number of rotatable bonds is 6. The Morgan fingerprint density at radius 2 is 1.25 bits per heavy atom. The van der Waals surface area contributed by atoms with Gasteiger partial charge in [-0.25, -0.2) is 14.4 Å². The molecule has 0 saturated heterocycles. The number of carbonyl (C=O) groups excluding carboxylic acids is 2. The minimum atomic E-state index is -1.03. The summed E-state index contributed by atoms with van der Waals surface area (Å²) in [7, 11) is 0. The molecule has 0 fully saturated rings. The second-order valence-electron chi connectivity index (χ2n) is 10.5. The highest BCUT2D eigenvalue weighted by atomic mass is 16.6. The van der Waals surface area contributed by atoms with Crippen LogP contribution < -0.4 is 10.2 Å². The normalized spacial score (nSPS) is 14.6. The predicted octanol–water partition coefficient (Wildman–Crippen LogP) is 6.23. The number of aliphatic carboxylic acids is 2. The van der Waals surface area contributed by atoms with E-state index in [0.717, 1.165) is 27.9 Å². The fourth-order valence-electron chi connectivity index (χ4n) is 4.80. The largest absolute Gasteiger partial charge is 0.480 e. The van der Waals surface area contributed by atoms with Crippen molar-refractivity contribution in [3.05, 3.63) is 131 Å². The number of carbonyl (C=O) groups is 4. The number of nitrogens with zero attached hydrogens (tertiary/aromatic N) is 2. The molecule has 1 amide bonds. The van der Waals surface area contributed by atoms with E-state index in [1.807, 2.05) is 97.1 Å². The van der Waals surface area contributed by atoms with Crippen LogP contribution >= 0.6 is 0 Å². The highest BCUT2D eigenvalue weighted by Gasteiger charge is 2.39. The van der Waals surface area contributed by atoms with E-state index in [2.05, 4.69) is 5.32 Å². The summed E-state index contributed by atoms with van der Waals surface area (Å²) in [6.07, 6.45) is 0.249. The molecule has 6 rings (SSSR count). The number of esters is 1. The van der Waals surface area contributed by atoms with Crippen LogP contribution in [0, 0.1) is 11.3 Å². The van der Waals surface area contributed by atoms with Gasteiger partial charge in [0.1, 0.15) is 25.3 Å². The molecule has 3 N–H and O–H groups in total. The molecule has 0 bridgehead atoms. The lowest BCUT2D eigenvalue weighted by molar-refractivity contribution is -0.142. The van der Waals surface area contributed by atoms with Gasteiger partial charge in [-0.1, -0.05) is 97.1 Å². The fourth-order valence-corrected chi connectivity index (χ4v) is 4.80. The second-order valence-corrected chi connectivity index (χ2v) is 10.5. The van der Waals surface area contributed by atoms with E-state index in [-0.39, 0.29) is 12.6 Å². The van der Waals surface area contributed by atoms with Crippen LogP contribution in [0.1, 0.15) is 36.1 Å². The molecule has 248 valence electrons. The lowest BCUT2D eigenvalue weighted by Crippen LogP contribution is -2.43. The molecular weight excluding hydrogens is 614 g/mol. The van der Waals surface area contributed by atoms with Gasteiger partial charge in [0, 0.05) is 32.4 Å². The van der Waals surface area contributed by atoms with Gasteiger partial charge in [0.15, 0.2) is 0 Å². The average Bonchev–Trinajstić information content (AvgIpc) is 3.71. The Hall–Kier alpha value is -6.15. The topological polar surface area (TPSA) is 166 Å². The first-order valence-electron chi connectivity index (χ1n) is 15.0. The summed E-state index contributed by atoms with van der Waals surface area (Å²) < 4.78 is 10.1. The molecule has 11 nitrogen and oxygen atoms in total. The summed E-state index contributed by atoms with van der Waals surface area (Å²) in [5, 5.41) is 28.3. The maximum Gasteiger partial charge on any atom is 0.415 e. The van der Waals surface area contributed by atoms with Gasteiger partial charge in [0.05, 0.1) is 11.8 Å². The number of hydrogen-bond donors (Lipinski definition) is 3. The quantitative estimate of drug-likeness (QED) is 0.204. The molecule has 2 atom stereocenters. The molecule has 2 heterocycles. The number of ether oxygens (including phenoxy) is 2. The standard InChI is InChI=1S/C17H15NO4.C9H9NO2.C9H10O2.C2H3N/c19-16(20)15-10-13-8-4-5-9-14(13)18(15)17(21)22-11-12-6-2-1-3-7-12;11-9(12)8-5-6-3-1-2-4-7(6)10-8;1-8(10)11-7-9-5-3-2-4-6-9;1-2-3/h1-9,15H,10-11H2,(H,19,20);1-4,8,10H,5H2,(H,11,12);2-6H,7H2,1H3;1H3/t15-;8-;;/m11../s1. The molecule has 0 aliphatic carbocycles. The molecule has 2 aliphatic rings. The summed E-state index contributed by atoms with van der Waals surface area (Å²) in [6, 6.07) is 34.1. The summed E-state index contributed by atoms with van der Waals surface area (Å²) in [5.41, 5.74) is 5.35. The van der Waals surface area contributed by atoms with Crippen molar-refractivity contribution in [1.82, 2.24) is 0 Å². The Kier molecular flexibility index (Phi) is 14.2. The number of nitrogens with one attached hydrogen (secondary N) is 1. The lowest BCUT2D eigenvalue weighted by Gasteiger charge is -2.22. The number of amides is 1. The maximum atomic E-state index is 12.3. The van der Waals surface area contributed by atoms with Crippen LogP contribution in [0.15, 0.2) is 109 Å². The van der Waals surface area contributed by atoms with E-state index in [1.54, 1.807) is 18.2 Å². The third-order valence-electron chi connectivity index (χ3n) is 7.02. The smallest absolute Gasteiger partial charge is 0.415 e. The SMILES string of the molecule is CC#N.CC(=O)OCc1ccccc1.O=C(O)[C@H]1Cc2ccccc2N1.O=C(O)[C@H]1Cc2ccccc2N1C(=O)OCc1ccccc1. The number of carboxylic acid groups (broad SMARTS) is 2. The number of benzene rings is 4. The first kappa shape index (κ1) is 36.3. The highest BCUT2D eigenvalue weighted by molar-refractivity contribution is 5.98. The van der Waals surface area contributed by atoms with Crippen molar-refractivity contribution >= 4 is 35.4 Å². The maximum absolute atomic E-state index is 12.3. The molecule has 0 unspecified atom stereocenters. The summed E-state index contributed by atoms with van der Waals surface area (Å²) in [5.74, 6) is -2.06. The Labute approximate surface area is 279 Å². The highest BCUT2D eigenvalue weighted by Crippen LogP contribution is 2.33. The summed E-state index contributed by atoms with van der Waals surface area (Å²) >= 11 is 0. The van der Waals surface area contributed by atoms with Crippen LogP contribution in [0.5, 0.6) is 0 Å². The van der Waals surface area contributed by atoms with Gasteiger partial charge >= 0.3 is 24.0 Å². The third kappa shape index (κ3) is 11.0. The molecular formula is C37H37N3O8. The molecule has 4 aromatic rings. The zero-order valence-corrected chi connectivity index (χ0v) is 26.6. The number of fused-ring (bicyclic) bond motifs is 2. The third-order valence-corrected chi connectivity index (χ3v) is 7.02. The summed E-state index contributed by atoms with van der Waals surface area (Å²) in [6.45, 7) is 3.32. The van der Waals surface area contributed by atoms with Gasteiger partial charge in [0.25, 0.3) is 0 Å². The number of hydrogen-bond acceptors (Lipinski definition) is 8. The first-order chi connectivity index (χ1) is 23.1. The summed E-state index contributed by atoms with van der Waals surface area (Å²) in [4.78, 5) is 46.0. The minimum Gasteiger partial charge on any atom is -0.480 e. The van der Waals surface area contributed by atoms with Crippen LogP contribution in [0.25, 0.3) is 0 Å². The van der Waals surface area contributed by atoms with Crippen molar-refractivity contribution in [1.29, 1.82) is 5.26 Å². The van der Waals surface area contributed by atoms with Crippen LogP contribution in [-0.2, 0) is 49.9 Å². The van der Waals surface area contributed by atoms with Gasteiger partial charge < -0.3 is 25.0 Å². The average molecular weight is 652 g/mol. The molecule has 11 heteroatoms. The van der Waals surface area contributed by atoms with Crippen molar-refractivity contribution < 1.29 is 38.9 Å². The number of carboxylic acids is 2. The molecule has 0 radical (unpaired) electrons. The molecule has 4 aromatic carbocycles. The Morgan fingerprint density at radius 1 is 0.750 bits per heavy atom. The molecule has 48 heavy (non-hydrogen) atoms. The van der Waals surface area contributed by atoms with Gasteiger partial charge in [-0.05, 0) is 34.4 Å². The van der Waals surface area contributed by atoms with Crippen molar-refractivity contribution in [2.45, 2.75) is 52.0 Å². The van der Waals surface area contributed by atoms with Crippen LogP contribution in [0.2, 0.25) is 0 Å². The lowest BCUT2D eigenvalue weighted by atomic mass is 10.1. The Bertz CT molecular complexity index is 1680. The number of anilines is 2. The van der Waals surface area contributed by atoms with E-state index >= 15 is 0 Å². The number of nitriles is 1. The van der Waals surface area contributed by atoms with E-state index in [0.29, 0.717) is 25.1 Å². The van der Waals surface area contributed by atoms with Crippen LogP contribution in [-0.4, -0.2) is 46.3 Å². The second kappa shape index (κ2) is 18.7.